The number of hydrogen-bond donors (Lipinski definition) is 1. The molecule has 1 N–H and O–H groups in total. The van der Waals surface area contributed by atoms with E-state index in [1.54, 1.807) is 0 Å². The summed E-state index contributed by atoms with van der Waals surface area (Å²) in [5.41, 5.74) is -0.958. The lowest BCUT2D eigenvalue weighted by atomic mass is 9.71. The SMILES string of the molecule is CCCCN1C(=O)NC(=O)C2(CCCCC2)C1=O. The van der Waals surface area contributed by atoms with E-state index in [1.165, 1.54) is 4.90 Å². The first-order chi connectivity index (χ1) is 8.62. The largest absolute Gasteiger partial charge is 0.330 e. The number of amides is 4. The van der Waals surface area contributed by atoms with Crippen molar-refractivity contribution in [2.75, 3.05) is 6.54 Å². The molecule has 0 radical (unpaired) electrons. The number of hydrogen-bond acceptors (Lipinski definition) is 3. The minimum absolute atomic E-state index is 0.274. The van der Waals surface area contributed by atoms with Crippen molar-refractivity contribution in [2.24, 2.45) is 5.41 Å². The number of nitrogens with zero attached hydrogens (tertiary/aromatic N) is 1. The third kappa shape index (κ3) is 2.02. The average Bonchev–Trinajstić information content (AvgIpc) is 2.38. The van der Waals surface area contributed by atoms with E-state index < -0.39 is 11.4 Å². The van der Waals surface area contributed by atoms with Gasteiger partial charge < -0.3 is 0 Å². The van der Waals surface area contributed by atoms with Crippen molar-refractivity contribution >= 4 is 17.8 Å². The molecule has 0 aromatic rings. The van der Waals surface area contributed by atoms with Gasteiger partial charge in [0.2, 0.25) is 11.8 Å². The van der Waals surface area contributed by atoms with Crippen molar-refractivity contribution in [3.8, 4) is 0 Å². The van der Waals surface area contributed by atoms with Crippen LogP contribution in [0.1, 0.15) is 51.9 Å². The molecule has 5 nitrogen and oxygen atoms in total. The Morgan fingerprint density at radius 1 is 1.17 bits per heavy atom. The molecule has 100 valence electrons. The van der Waals surface area contributed by atoms with Gasteiger partial charge >= 0.3 is 6.03 Å². The normalized spacial score (nSPS) is 23.4. The zero-order valence-electron chi connectivity index (χ0n) is 10.8. The van der Waals surface area contributed by atoms with Crippen molar-refractivity contribution in [1.82, 2.24) is 10.2 Å². The Morgan fingerprint density at radius 3 is 2.44 bits per heavy atom. The first-order valence-electron chi connectivity index (χ1n) is 6.79. The minimum atomic E-state index is -0.958. The number of urea groups is 1. The molecule has 1 aliphatic heterocycles. The maximum atomic E-state index is 12.5. The molecule has 1 saturated heterocycles. The number of nitrogens with one attached hydrogen (secondary N) is 1. The Bertz CT molecular complexity index is 372. The van der Waals surface area contributed by atoms with Crippen LogP contribution in [0.15, 0.2) is 0 Å². The highest BCUT2D eigenvalue weighted by atomic mass is 16.2. The topological polar surface area (TPSA) is 66.5 Å². The summed E-state index contributed by atoms with van der Waals surface area (Å²) in [4.78, 5) is 37.5. The first-order valence-corrected chi connectivity index (χ1v) is 6.79. The van der Waals surface area contributed by atoms with Gasteiger partial charge in [-0.25, -0.2) is 4.79 Å². The van der Waals surface area contributed by atoms with E-state index in [0.717, 1.165) is 32.1 Å². The molecule has 2 aliphatic rings. The molecule has 0 aromatic heterocycles. The highest BCUT2D eigenvalue weighted by Crippen LogP contribution is 2.40. The van der Waals surface area contributed by atoms with Crippen LogP contribution in [0, 0.1) is 5.41 Å². The number of unbranched alkanes of at least 4 members (excludes halogenated alkanes) is 1. The fraction of sp³-hybridized carbons (Fsp3) is 0.769. The average molecular weight is 252 g/mol. The van der Waals surface area contributed by atoms with E-state index in [9.17, 15) is 14.4 Å². The van der Waals surface area contributed by atoms with Gasteiger partial charge in [-0.05, 0) is 19.3 Å². The standard InChI is InChI=1S/C13H20N2O3/c1-2-3-9-15-11(17)13(7-5-4-6-8-13)10(16)14-12(15)18/h2-9H2,1H3,(H,14,16,18). The molecule has 2 rings (SSSR count). The molecule has 1 heterocycles. The molecule has 1 aliphatic carbocycles. The molecular weight excluding hydrogens is 232 g/mol. The predicted molar refractivity (Wildman–Crippen MR) is 65.7 cm³/mol. The van der Waals surface area contributed by atoms with Crippen molar-refractivity contribution in [3.63, 3.8) is 0 Å². The molecule has 0 aromatic carbocycles. The Labute approximate surface area is 107 Å². The zero-order chi connectivity index (χ0) is 13.2. The molecule has 0 bridgehead atoms. The molecule has 1 spiro atoms. The smallest absolute Gasteiger partial charge is 0.277 e. The zero-order valence-corrected chi connectivity index (χ0v) is 10.8. The molecule has 2 fully saturated rings. The van der Waals surface area contributed by atoms with Crippen LogP contribution >= 0.6 is 0 Å². The summed E-state index contributed by atoms with van der Waals surface area (Å²) in [6.45, 7) is 2.42. The van der Waals surface area contributed by atoms with Gasteiger partial charge in [0.1, 0.15) is 5.41 Å². The highest BCUT2D eigenvalue weighted by Gasteiger charge is 2.53. The number of carbonyl (C=O) groups is 3. The molecular formula is C13H20N2O3. The number of carbonyl (C=O) groups excluding carboxylic acids is 3. The highest BCUT2D eigenvalue weighted by molar-refractivity contribution is 6.19. The summed E-state index contributed by atoms with van der Waals surface area (Å²) in [7, 11) is 0. The van der Waals surface area contributed by atoms with Crippen LogP contribution in [-0.2, 0) is 9.59 Å². The second kappa shape index (κ2) is 5.08. The number of barbiturate groups is 1. The van der Waals surface area contributed by atoms with Gasteiger partial charge in [-0.15, -0.1) is 0 Å². The van der Waals surface area contributed by atoms with Gasteiger partial charge in [-0.3, -0.25) is 19.8 Å². The Balaban J connectivity index is 2.21. The molecule has 0 atom stereocenters. The van der Waals surface area contributed by atoms with Crippen LogP contribution in [0.2, 0.25) is 0 Å². The van der Waals surface area contributed by atoms with Gasteiger partial charge in [0.15, 0.2) is 0 Å². The molecule has 1 saturated carbocycles. The van der Waals surface area contributed by atoms with Crippen molar-refractivity contribution < 1.29 is 14.4 Å². The van der Waals surface area contributed by atoms with Gasteiger partial charge in [-0.2, -0.15) is 0 Å². The third-order valence-corrected chi connectivity index (χ3v) is 4.00. The van der Waals surface area contributed by atoms with E-state index >= 15 is 0 Å². The van der Waals surface area contributed by atoms with E-state index in [0.29, 0.717) is 19.4 Å². The van der Waals surface area contributed by atoms with E-state index in [-0.39, 0.29) is 11.8 Å². The minimum Gasteiger partial charge on any atom is -0.277 e. The van der Waals surface area contributed by atoms with E-state index in [1.807, 2.05) is 6.92 Å². The second-order valence-electron chi connectivity index (χ2n) is 5.21. The monoisotopic (exact) mass is 252 g/mol. The lowest BCUT2D eigenvalue weighted by Gasteiger charge is -2.41. The summed E-state index contributed by atoms with van der Waals surface area (Å²) >= 11 is 0. The molecule has 0 unspecified atom stereocenters. The van der Waals surface area contributed by atoms with Crippen LogP contribution in [-0.4, -0.2) is 29.3 Å². The van der Waals surface area contributed by atoms with Gasteiger partial charge in [0.05, 0.1) is 0 Å². The van der Waals surface area contributed by atoms with Crippen LogP contribution < -0.4 is 5.32 Å². The van der Waals surface area contributed by atoms with Gasteiger partial charge in [0.25, 0.3) is 0 Å². The fourth-order valence-electron chi connectivity index (χ4n) is 2.85. The van der Waals surface area contributed by atoms with E-state index in [2.05, 4.69) is 5.32 Å². The Kier molecular flexibility index (Phi) is 3.68. The summed E-state index contributed by atoms with van der Waals surface area (Å²) in [6.07, 6.45) is 5.68. The van der Waals surface area contributed by atoms with Crippen LogP contribution in [0.25, 0.3) is 0 Å². The summed E-state index contributed by atoms with van der Waals surface area (Å²) in [5, 5.41) is 2.36. The first kappa shape index (κ1) is 13.1. The lowest BCUT2D eigenvalue weighted by Crippen LogP contribution is -2.64. The fourth-order valence-corrected chi connectivity index (χ4v) is 2.85. The molecule has 18 heavy (non-hydrogen) atoms. The van der Waals surface area contributed by atoms with Gasteiger partial charge in [0, 0.05) is 6.54 Å². The van der Waals surface area contributed by atoms with Crippen LogP contribution in [0.4, 0.5) is 4.79 Å². The Hall–Kier alpha value is -1.39. The lowest BCUT2D eigenvalue weighted by molar-refractivity contribution is -0.153. The summed E-state index contributed by atoms with van der Waals surface area (Å²) in [6, 6.07) is -0.547. The number of imide groups is 2. The van der Waals surface area contributed by atoms with E-state index in [4.69, 9.17) is 0 Å². The summed E-state index contributed by atoms with van der Waals surface area (Å²) in [5.74, 6) is -0.658. The molecule has 5 heteroatoms. The molecule has 4 amide bonds. The van der Waals surface area contributed by atoms with Gasteiger partial charge in [-0.1, -0.05) is 32.6 Å². The quantitative estimate of drug-likeness (QED) is 0.779. The van der Waals surface area contributed by atoms with Crippen LogP contribution in [0.5, 0.6) is 0 Å². The Morgan fingerprint density at radius 2 is 1.83 bits per heavy atom. The maximum absolute atomic E-state index is 12.5. The van der Waals surface area contributed by atoms with Crippen LogP contribution in [0.3, 0.4) is 0 Å². The second-order valence-corrected chi connectivity index (χ2v) is 5.21. The predicted octanol–water partition coefficient (Wildman–Crippen LogP) is 1.82. The summed E-state index contributed by atoms with van der Waals surface area (Å²) < 4.78 is 0. The van der Waals surface area contributed by atoms with Crippen molar-refractivity contribution in [1.29, 1.82) is 0 Å². The number of rotatable bonds is 3. The third-order valence-electron chi connectivity index (χ3n) is 4.00. The van der Waals surface area contributed by atoms with Crippen molar-refractivity contribution in [3.05, 3.63) is 0 Å². The maximum Gasteiger partial charge on any atom is 0.330 e. The van der Waals surface area contributed by atoms with Crippen molar-refractivity contribution in [2.45, 2.75) is 51.9 Å².